The molecule has 0 aliphatic rings. The maximum absolute atomic E-state index is 13.2. The first kappa shape index (κ1) is 19.4. The van der Waals surface area contributed by atoms with Crippen LogP contribution in [0.3, 0.4) is 0 Å². The van der Waals surface area contributed by atoms with Gasteiger partial charge in [0.25, 0.3) is 0 Å². The quantitative estimate of drug-likeness (QED) is 0.425. The van der Waals surface area contributed by atoms with E-state index in [-0.39, 0.29) is 11.7 Å². The number of carbonyl (C=O) groups is 1. The predicted molar refractivity (Wildman–Crippen MR) is 116 cm³/mol. The molecule has 4 aromatic heterocycles. The van der Waals surface area contributed by atoms with Crippen LogP contribution < -0.4 is 5.32 Å². The van der Waals surface area contributed by atoms with Gasteiger partial charge in [-0.25, -0.2) is 8.91 Å². The lowest BCUT2D eigenvalue weighted by Gasteiger charge is -2.04. The van der Waals surface area contributed by atoms with Crippen LogP contribution in [0.25, 0.3) is 22.4 Å². The summed E-state index contributed by atoms with van der Waals surface area (Å²) in [7, 11) is 0. The molecular weight excluding hydrogens is 415 g/mol. The second-order valence-electron chi connectivity index (χ2n) is 7.15. The van der Waals surface area contributed by atoms with Crippen LogP contribution in [0, 0.1) is 5.82 Å². The molecule has 9 heteroatoms. The van der Waals surface area contributed by atoms with E-state index >= 15 is 0 Å². The van der Waals surface area contributed by atoms with E-state index in [1.807, 2.05) is 34.3 Å². The Balaban J connectivity index is 1.29. The van der Waals surface area contributed by atoms with Gasteiger partial charge in [-0.15, -0.1) is 21.5 Å². The molecule has 0 aliphatic carbocycles. The third-order valence-electron chi connectivity index (χ3n) is 5.08. The van der Waals surface area contributed by atoms with Crippen molar-refractivity contribution in [2.75, 3.05) is 6.54 Å². The maximum atomic E-state index is 13.2. The number of nitrogens with one attached hydrogen (secondary N) is 1. The zero-order valence-electron chi connectivity index (χ0n) is 16.5. The molecule has 0 saturated heterocycles. The highest BCUT2D eigenvalue weighted by molar-refractivity contribution is 7.09. The van der Waals surface area contributed by atoms with E-state index in [0.717, 1.165) is 29.0 Å². The summed E-state index contributed by atoms with van der Waals surface area (Å²) in [4.78, 5) is 13.5. The number of fused-ring (bicyclic) bond motifs is 3. The normalized spacial score (nSPS) is 11.4. The number of rotatable bonds is 7. The Morgan fingerprint density at radius 3 is 2.77 bits per heavy atom. The standard InChI is InChI=1S/C22H19FN6OS/c23-16-5-3-15(4-6-16)18-14-19-22-26-25-20(28(22)11-12-29(19)27-18)7-8-21(30)24-10-9-17-2-1-13-31-17/h1-6,11-14H,7-10H2,(H,24,30). The van der Waals surface area contributed by atoms with E-state index in [9.17, 15) is 9.18 Å². The molecule has 4 heterocycles. The van der Waals surface area contributed by atoms with Gasteiger partial charge in [0, 0.05) is 42.2 Å². The monoisotopic (exact) mass is 434 g/mol. The van der Waals surface area contributed by atoms with Crippen LogP contribution in [-0.2, 0) is 17.6 Å². The van der Waals surface area contributed by atoms with E-state index in [1.54, 1.807) is 28.0 Å². The highest BCUT2D eigenvalue weighted by atomic mass is 32.1. The van der Waals surface area contributed by atoms with Gasteiger partial charge in [-0.1, -0.05) is 6.07 Å². The third-order valence-corrected chi connectivity index (χ3v) is 6.01. The number of nitrogens with zero attached hydrogens (tertiary/aromatic N) is 5. The summed E-state index contributed by atoms with van der Waals surface area (Å²) in [6.45, 7) is 0.628. The topological polar surface area (TPSA) is 76.6 Å². The van der Waals surface area contributed by atoms with Gasteiger partial charge in [-0.3, -0.25) is 9.20 Å². The van der Waals surface area contributed by atoms with Gasteiger partial charge in [0.15, 0.2) is 5.65 Å². The molecule has 31 heavy (non-hydrogen) atoms. The van der Waals surface area contributed by atoms with Gasteiger partial charge in [0.05, 0.1) is 5.69 Å². The Labute approximate surface area is 181 Å². The van der Waals surface area contributed by atoms with Crippen LogP contribution >= 0.6 is 11.3 Å². The van der Waals surface area contributed by atoms with Crippen molar-refractivity contribution in [1.82, 2.24) is 29.5 Å². The summed E-state index contributed by atoms with van der Waals surface area (Å²) in [6.07, 6.45) is 5.33. The molecule has 1 amide bonds. The molecule has 0 unspecified atom stereocenters. The lowest BCUT2D eigenvalue weighted by Crippen LogP contribution is -2.25. The Morgan fingerprint density at radius 1 is 1.10 bits per heavy atom. The number of carbonyl (C=O) groups excluding carboxylic acids is 1. The lowest BCUT2D eigenvalue weighted by molar-refractivity contribution is -0.121. The second kappa shape index (κ2) is 8.27. The number of thiophene rings is 1. The number of aryl methyl sites for hydroxylation is 1. The number of halogens is 1. The fraction of sp³-hybridized carbons (Fsp3) is 0.182. The minimum Gasteiger partial charge on any atom is -0.356 e. The molecule has 7 nitrogen and oxygen atoms in total. The van der Waals surface area contributed by atoms with E-state index in [0.29, 0.717) is 25.0 Å². The van der Waals surface area contributed by atoms with Crippen molar-refractivity contribution in [2.24, 2.45) is 0 Å². The predicted octanol–water partition coefficient (Wildman–Crippen LogP) is 3.54. The molecule has 1 aromatic carbocycles. The smallest absolute Gasteiger partial charge is 0.220 e. The van der Waals surface area contributed by atoms with Gasteiger partial charge >= 0.3 is 0 Å². The van der Waals surface area contributed by atoms with Crippen LogP contribution in [-0.4, -0.2) is 36.7 Å². The van der Waals surface area contributed by atoms with Crippen LogP contribution in [0.2, 0.25) is 0 Å². The Hall–Kier alpha value is -3.59. The largest absolute Gasteiger partial charge is 0.356 e. The second-order valence-corrected chi connectivity index (χ2v) is 8.19. The first-order valence-corrected chi connectivity index (χ1v) is 10.8. The summed E-state index contributed by atoms with van der Waals surface area (Å²) < 4.78 is 16.8. The molecule has 5 aromatic rings. The highest BCUT2D eigenvalue weighted by Crippen LogP contribution is 2.22. The van der Waals surface area contributed by atoms with Gasteiger partial charge in [-0.2, -0.15) is 5.10 Å². The average molecular weight is 435 g/mol. The van der Waals surface area contributed by atoms with Crippen molar-refractivity contribution in [1.29, 1.82) is 0 Å². The van der Waals surface area contributed by atoms with Gasteiger partial charge < -0.3 is 5.32 Å². The van der Waals surface area contributed by atoms with Crippen molar-refractivity contribution >= 4 is 28.4 Å². The van der Waals surface area contributed by atoms with Gasteiger partial charge in [0.1, 0.15) is 17.2 Å². The highest BCUT2D eigenvalue weighted by Gasteiger charge is 2.13. The molecule has 0 atom stereocenters. The summed E-state index contributed by atoms with van der Waals surface area (Å²) in [5.74, 6) is 0.431. The Kier molecular flexibility index (Phi) is 5.17. The van der Waals surface area contributed by atoms with Crippen molar-refractivity contribution in [3.05, 3.63) is 76.8 Å². The maximum Gasteiger partial charge on any atom is 0.220 e. The lowest BCUT2D eigenvalue weighted by atomic mass is 10.1. The third kappa shape index (κ3) is 4.04. The molecule has 0 fully saturated rings. The van der Waals surface area contributed by atoms with Gasteiger partial charge in [0.2, 0.25) is 5.91 Å². The van der Waals surface area contributed by atoms with E-state index in [1.165, 1.54) is 17.0 Å². The molecule has 0 radical (unpaired) electrons. The minimum atomic E-state index is -0.285. The van der Waals surface area contributed by atoms with Crippen LogP contribution in [0.1, 0.15) is 17.1 Å². The number of hydrogen-bond acceptors (Lipinski definition) is 5. The van der Waals surface area contributed by atoms with Gasteiger partial charge in [-0.05, 0) is 48.2 Å². The molecule has 156 valence electrons. The van der Waals surface area contributed by atoms with Crippen LogP contribution in [0.5, 0.6) is 0 Å². The number of hydrogen-bond donors (Lipinski definition) is 1. The SMILES string of the molecule is O=C(CCc1nnc2c3cc(-c4ccc(F)cc4)nn3ccn12)NCCc1cccs1. The van der Waals surface area contributed by atoms with Crippen molar-refractivity contribution in [2.45, 2.75) is 19.3 Å². The summed E-state index contributed by atoms with van der Waals surface area (Å²) >= 11 is 1.69. The molecule has 0 aliphatic heterocycles. The molecule has 0 bridgehead atoms. The van der Waals surface area contributed by atoms with Crippen molar-refractivity contribution < 1.29 is 9.18 Å². The molecule has 5 rings (SSSR count). The first-order chi connectivity index (χ1) is 15.2. The Morgan fingerprint density at radius 2 is 1.97 bits per heavy atom. The number of amides is 1. The van der Waals surface area contributed by atoms with Crippen molar-refractivity contribution in [3.8, 4) is 11.3 Å². The summed E-state index contributed by atoms with van der Waals surface area (Å²) in [5.41, 5.74) is 3.00. The fourth-order valence-corrected chi connectivity index (χ4v) is 4.19. The summed E-state index contributed by atoms with van der Waals surface area (Å²) in [6, 6.07) is 12.2. The van der Waals surface area contributed by atoms with Crippen LogP contribution in [0.15, 0.2) is 60.2 Å². The first-order valence-electron chi connectivity index (χ1n) is 9.94. The fourth-order valence-electron chi connectivity index (χ4n) is 3.49. The van der Waals surface area contributed by atoms with E-state index < -0.39 is 0 Å². The minimum absolute atomic E-state index is 0.00247. The zero-order chi connectivity index (χ0) is 21.2. The Bertz CT molecular complexity index is 1340. The molecule has 1 N–H and O–H groups in total. The average Bonchev–Trinajstić information content (AvgIpc) is 3.51. The van der Waals surface area contributed by atoms with Crippen LogP contribution in [0.4, 0.5) is 4.39 Å². The summed E-state index contributed by atoms with van der Waals surface area (Å²) in [5, 5.41) is 18.1. The van der Waals surface area contributed by atoms with Crippen molar-refractivity contribution in [3.63, 3.8) is 0 Å². The molecular formula is C22H19FN6OS. The van der Waals surface area contributed by atoms with E-state index in [4.69, 9.17) is 0 Å². The number of aromatic nitrogens is 5. The zero-order valence-corrected chi connectivity index (χ0v) is 17.3. The number of benzene rings is 1. The molecule has 0 saturated carbocycles. The molecule has 0 spiro atoms. The van der Waals surface area contributed by atoms with E-state index in [2.05, 4.69) is 26.7 Å².